The molecule has 0 aliphatic carbocycles. The van der Waals surface area contributed by atoms with Crippen molar-refractivity contribution < 1.29 is 47.4 Å². The van der Waals surface area contributed by atoms with E-state index in [-0.39, 0.29) is 30.8 Å². The number of nitrogens with zero attached hydrogens (tertiary/aromatic N) is 2. The van der Waals surface area contributed by atoms with Gasteiger partial charge in [0.25, 0.3) is 0 Å². The molecule has 1 aromatic rings. The Morgan fingerprint density at radius 1 is 0.766 bits per heavy atom. The summed E-state index contributed by atoms with van der Waals surface area (Å²) in [4.78, 5) is 52.0. The van der Waals surface area contributed by atoms with E-state index in [4.69, 9.17) is 29.0 Å². The lowest BCUT2D eigenvalue weighted by molar-refractivity contribution is -0.161. The van der Waals surface area contributed by atoms with Gasteiger partial charge in [-0.3, -0.25) is 23.2 Å². The van der Waals surface area contributed by atoms with Crippen LogP contribution in [0.5, 0.6) is 0 Å². The predicted molar refractivity (Wildman–Crippen MR) is 253 cm³/mol. The fourth-order valence-corrected chi connectivity index (χ4v) is 8.14. The van der Waals surface area contributed by atoms with Crippen molar-refractivity contribution in [1.82, 2.24) is 9.55 Å². The number of carbonyl (C=O) groups is 2. The topological polar surface area (TPSA) is 199 Å². The van der Waals surface area contributed by atoms with Crippen LogP contribution >= 0.6 is 7.82 Å². The first-order valence-corrected chi connectivity index (χ1v) is 26.1. The number of aliphatic hydroxyl groups excluding tert-OH is 1. The second kappa shape index (κ2) is 36.0. The number of aromatic nitrogens is 2. The van der Waals surface area contributed by atoms with Crippen molar-refractivity contribution in [3.05, 3.63) is 59.2 Å². The number of esters is 2. The number of rotatable bonds is 40. The number of unbranched alkanes of at least 4 members (excludes halogenated alkanes) is 22. The van der Waals surface area contributed by atoms with E-state index in [1.165, 1.54) is 89.3 Å². The van der Waals surface area contributed by atoms with Crippen LogP contribution in [0.25, 0.3) is 0 Å². The maximum absolute atomic E-state index is 12.9. The molecule has 0 radical (unpaired) electrons. The Morgan fingerprint density at radius 3 is 1.73 bits per heavy atom. The molecule has 4 N–H and O–H groups in total. The molecule has 2 heterocycles. The summed E-state index contributed by atoms with van der Waals surface area (Å²) in [6.07, 6.45) is 35.5. The normalized spacial score (nSPS) is 17.9. The highest BCUT2D eigenvalue weighted by atomic mass is 31.2. The van der Waals surface area contributed by atoms with Crippen LogP contribution in [0.15, 0.2) is 53.5 Å². The Kier molecular flexibility index (Phi) is 32.1. The van der Waals surface area contributed by atoms with Gasteiger partial charge in [-0.05, 0) is 70.3 Å². The van der Waals surface area contributed by atoms with Crippen LogP contribution < -0.4 is 11.4 Å². The minimum atomic E-state index is -4.80. The van der Waals surface area contributed by atoms with Crippen molar-refractivity contribution in [2.75, 3.05) is 25.6 Å². The average molecular weight is 922 g/mol. The van der Waals surface area contributed by atoms with Gasteiger partial charge in [0.1, 0.15) is 24.6 Å². The van der Waals surface area contributed by atoms with Crippen LogP contribution in [-0.2, 0) is 37.4 Å². The Balaban J connectivity index is 1.76. The van der Waals surface area contributed by atoms with Gasteiger partial charge >= 0.3 is 25.5 Å². The van der Waals surface area contributed by atoms with Crippen molar-refractivity contribution in [3.63, 3.8) is 0 Å². The maximum Gasteiger partial charge on any atom is 0.472 e. The summed E-state index contributed by atoms with van der Waals surface area (Å²) >= 11 is 0. The van der Waals surface area contributed by atoms with E-state index in [2.05, 4.69) is 49.7 Å². The zero-order valence-corrected chi connectivity index (χ0v) is 40.3. The van der Waals surface area contributed by atoms with Crippen LogP contribution in [-0.4, -0.2) is 69.6 Å². The van der Waals surface area contributed by atoms with Crippen molar-refractivity contribution in [3.8, 4) is 0 Å². The smallest absolute Gasteiger partial charge is 0.462 e. The van der Waals surface area contributed by atoms with E-state index >= 15 is 0 Å². The van der Waals surface area contributed by atoms with E-state index in [1.807, 2.05) is 0 Å². The van der Waals surface area contributed by atoms with Crippen molar-refractivity contribution in [1.29, 1.82) is 0 Å². The van der Waals surface area contributed by atoms with Gasteiger partial charge in [-0.15, -0.1) is 0 Å². The Bertz CT molecular complexity index is 1580. The summed E-state index contributed by atoms with van der Waals surface area (Å²) in [5.74, 6) is -0.992. The lowest BCUT2D eigenvalue weighted by Gasteiger charge is -2.21. The molecule has 1 aromatic heterocycles. The standard InChI is InChI=1S/C49H84N3O11P/c1-4-6-8-10-12-14-16-18-20-22-24-26-28-30-32-34-45(53)59-38-42(62-46(54)35-33-31-29-27-25-23-21-19-17-15-13-11-9-7-5-2)39-60-64(57,58)61-40-43-47(55)41(3)48(63-43)52-37-36-44(50)51-49(52)56/h18-21,36-37,42-43,47-48,55H,3-17,22-35,38-40H2,1-2H3,(H,57,58)(H2,50,51,56)/b20-18-,21-19-/t42-,43-,47+,48-/m1/s1. The van der Waals surface area contributed by atoms with Crippen molar-refractivity contribution in [2.24, 2.45) is 0 Å². The summed E-state index contributed by atoms with van der Waals surface area (Å²) in [5, 5.41) is 10.7. The van der Waals surface area contributed by atoms with E-state index < -0.39 is 63.2 Å². The third-order valence-electron chi connectivity index (χ3n) is 11.3. The summed E-state index contributed by atoms with van der Waals surface area (Å²) in [7, 11) is -4.80. The number of allylic oxidation sites excluding steroid dienone is 4. The van der Waals surface area contributed by atoms with Crippen LogP contribution in [0.3, 0.4) is 0 Å². The number of anilines is 1. The van der Waals surface area contributed by atoms with Crippen LogP contribution in [0.4, 0.5) is 5.82 Å². The predicted octanol–water partition coefficient (Wildman–Crippen LogP) is 11.3. The van der Waals surface area contributed by atoms with Crippen LogP contribution in [0.1, 0.15) is 200 Å². The highest BCUT2D eigenvalue weighted by molar-refractivity contribution is 7.47. The summed E-state index contributed by atoms with van der Waals surface area (Å²) in [5.41, 5.74) is 4.94. The number of nitrogen functional groups attached to an aromatic ring is 1. The molecule has 1 aliphatic heterocycles. The number of ether oxygens (including phenoxy) is 3. The molecule has 1 aliphatic rings. The minimum absolute atomic E-state index is 0.00360. The average Bonchev–Trinajstić information content (AvgIpc) is 3.55. The van der Waals surface area contributed by atoms with Gasteiger partial charge in [0, 0.05) is 24.6 Å². The zero-order chi connectivity index (χ0) is 46.7. The van der Waals surface area contributed by atoms with Gasteiger partial charge < -0.3 is 29.9 Å². The number of hydrogen-bond donors (Lipinski definition) is 3. The molecule has 0 spiro atoms. The van der Waals surface area contributed by atoms with E-state index in [0.717, 1.165) is 81.6 Å². The molecular weight excluding hydrogens is 838 g/mol. The second-order valence-corrected chi connectivity index (χ2v) is 18.6. The molecule has 2 rings (SSSR count). The fourth-order valence-electron chi connectivity index (χ4n) is 7.37. The Labute approximate surface area is 384 Å². The number of aliphatic hydroxyl groups is 1. The number of hydrogen-bond acceptors (Lipinski definition) is 12. The first kappa shape index (κ1) is 57.0. The van der Waals surface area contributed by atoms with Crippen molar-refractivity contribution in [2.45, 2.75) is 218 Å². The molecule has 14 nitrogen and oxygen atoms in total. The molecule has 1 saturated heterocycles. The fraction of sp³-hybridized carbons (Fsp3) is 0.755. The molecular formula is C49H84N3O11P. The summed E-state index contributed by atoms with van der Waals surface area (Å²) < 4.78 is 41.0. The molecule has 0 bridgehead atoms. The van der Waals surface area contributed by atoms with Crippen molar-refractivity contribution >= 4 is 25.6 Å². The molecule has 64 heavy (non-hydrogen) atoms. The maximum atomic E-state index is 12.9. The van der Waals surface area contributed by atoms with E-state index in [1.54, 1.807) is 0 Å². The molecule has 0 amide bonds. The SMILES string of the molecule is C=C1[C@H](n2ccc(N)nc2=O)O[C@H](COP(=O)(O)OC[C@@H](COC(=O)CCCCCCC/C=C\CCCCCCCC)OC(=O)CCCCCCC/C=C\CCCCCCCC)[C@H]1O. The van der Waals surface area contributed by atoms with E-state index in [0.29, 0.717) is 12.8 Å². The van der Waals surface area contributed by atoms with Crippen LogP contribution in [0, 0.1) is 0 Å². The first-order chi connectivity index (χ1) is 31.0. The molecule has 366 valence electrons. The molecule has 5 atom stereocenters. The zero-order valence-electron chi connectivity index (χ0n) is 39.4. The van der Waals surface area contributed by atoms with Gasteiger partial charge in [-0.25, -0.2) is 9.36 Å². The van der Waals surface area contributed by atoms with Gasteiger partial charge in [-0.1, -0.05) is 147 Å². The first-order valence-electron chi connectivity index (χ1n) is 24.6. The number of carbonyl (C=O) groups excluding carboxylic acids is 2. The van der Waals surface area contributed by atoms with E-state index in [9.17, 15) is 28.9 Å². The number of nitrogens with two attached hydrogens (primary N) is 1. The third kappa shape index (κ3) is 27.4. The summed E-state index contributed by atoms with van der Waals surface area (Å²) in [6, 6.07) is 1.38. The molecule has 1 fully saturated rings. The highest BCUT2D eigenvalue weighted by Gasteiger charge is 2.41. The van der Waals surface area contributed by atoms with Crippen LogP contribution in [0.2, 0.25) is 0 Å². The molecule has 1 unspecified atom stereocenters. The monoisotopic (exact) mass is 922 g/mol. The van der Waals surface area contributed by atoms with Gasteiger partial charge in [0.05, 0.1) is 13.2 Å². The lowest BCUT2D eigenvalue weighted by Crippen LogP contribution is -2.30. The Morgan fingerprint density at radius 2 is 1.23 bits per heavy atom. The Hall–Kier alpha value is -3.13. The molecule has 0 saturated carbocycles. The van der Waals surface area contributed by atoms with Gasteiger partial charge in [0.2, 0.25) is 0 Å². The highest BCUT2D eigenvalue weighted by Crippen LogP contribution is 2.45. The van der Waals surface area contributed by atoms with Gasteiger partial charge in [-0.2, -0.15) is 4.98 Å². The minimum Gasteiger partial charge on any atom is -0.462 e. The lowest BCUT2D eigenvalue weighted by atomic mass is 10.1. The largest absolute Gasteiger partial charge is 0.472 e. The third-order valence-corrected chi connectivity index (χ3v) is 12.2. The summed E-state index contributed by atoms with van der Waals surface area (Å²) in [6.45, 7) is 6.70. The number of phosphoric ester groups is 1. The molecule has 15 heteroatoms. The number of phosphoric acid groups is 1. The quantitative estimate of drug-likeness (QED) is 0.0243. The molecule has 0 aromatic carbocycles. The van der Waals surface area contributed by atoms with Gasteiger partial charge in [0.15, 0.2) is 12.3 Å². The second-order valence-electron chi connectivity index (χ2n) is 17.1.